The molecule has 1 fully saturated rings. The van der Waals surface area contributed by atoms with E-state index >= 15 is 0 Å². The lowest BCUT2D eigenvalue weighted by Crippen LogP contribution is -2.07. The molecule has 2 aliphatic rings. The zero-order valence-corrected chi connectivity index (χ0v) is 7.59. The molecule has 2 heteroatoms. The molecule has 0 saturated heterocycles. The molecule has 0 aromatic heterocycles. The summed E-state index contributed by atoms with van der Waals surface area (Å²) in [5.41, 5.74) is 1.14. The van der Waals surface area contributed by atoms with Crippen molar-refractivity contribution >= 4 is 5.78 Å². The minimum Gasteiger partial charge on any atom is -0.500 e. The van der Waals surface area contributed by atoms with Gasteiger partial charge in [0.1, 0.15) is 0 Å². The molecule has 0 spiro atoms. The maximum absolute atomic E-state index is 11.7. The number of hydrogen-bond acceptors (Lipinski definition) is 2. The molecule has 1 aliphatic heterocycles. The fourth-order valence-corrected chi connectivity index (χ4v) is 1.71. The van der Waals surface area contributed by atoms with Crippen molar-refractivity contribution in [2.45, 2.75) is 26.7 Å². The molecular weight excluding hydrogens is 152 g/mol. The quantitative estimate of drug-likeness (QED) is 0.626. The molecule has 0 bridgehead atoms. The van der Waals surface area contributed by atoms with Crippen LogP contribution >= 0.6 is 0 Å². The van der Waals surface area contributed by atoms with E-state index in [1.54, 1.807) is 6.26 Å². The summed E-state index contributed by atoms with van der Waals surface area (Å²) in [5.74, 6) is 0.586. The largest absolute Gasteiger partial charge is 0.500 e. The zero-order valence-electron chi connectivity index (χ0n) is 7.59. The maximum atomic E-state index is 11.7. The molecule has 0 aromatic carbocycles. The smallest absolute Gasteiger partial charge is 0.165 e. The van der Waals surface area contributed by atoms with Crippen LogP contribution < -0.4 is 0 Å². The number of ether oxygens (including phenoxy) is 1. The molecule has 1 atom stereocenters. The number of hydrogen-bond donors (Lipinski definition) is 0. The minimum absolute atomic E-state index is 0.251. The van der Waals surface area contributed by atoms with Gasteiger partial charge in [0.15, 0.2) is 5.78 Å². The molecule has 0 N–H and O–H groups in total. The summed E-state index contributed by atoms with van der Waals surface area (Å²) in [7, 11) is 0. The van der Waals surface area contributed by atoms with Crippen LogP contribution in [-0.4, -0.2) is 12.4 Å². The van der Waals surface area contributed by atoms with Gasteiger partial charge in [0, 0.05) is 17.9 Å². The van der Waals surface area contributed by atoms with Gasteiger partial charge in [0.25, 0.3) is 0 Å². The van der Waals surface area contributed by atoms with Crippen LogP contribution in [0.1, 0.15) is 26.7 Å². The summed E-state index contributed by atoms with van der Waals surface area (Å²) in [6, 6.07) is 0. The molecule has 0 amide bonds. The van der Waals surface area contributed by atoms with Gasteiger partial charge in [0.2, 0.25) is 0 Å². The average molecular weight is 166 g/mol. The summed E-state index contributed by atoms with van der Waals surface area (Å²) in [6.07, 6.45) is 3.49. The van der Waals surface area contributed by atoms with Crippen molar-refractivity contribution in [2.75, 3.05) is 6.61 Å². The van der Waals surface area contributed by atoms with Crippen LogP contribution in [0.3, 0.4) is 0 Å². The lowest BCUT2D eigenvalue weighted by atomic mass is 10.0. The molecule has 1 aliphatic carbocycles. The van der Waals surface area contributed by atoms with E-state index in [9.17, 15) is 4.79 Å². The Morgan fingerprint density at radius 3 is 2.75 bits per heavy atom. The SMILES string of the molecule is CC1(C)CC1C(=O)C1=COCC1. The van der Waals surface area contributed by atoms with Crippen LogP contribution in [-0.2, 0) is 9.53 Å². The second kappa shape index (κ2) is 2.35. The molecule has 0 radical (unpaired) electrons. The van der Waals surface area contributed by atoms with Gasteiger partial charge >= 0.3 is 0 Å². The van der Waals surface area contributed by atoms with E-state index in [4.69, 9.17) is 4.74 Å². The van der Waals surface area contributed by atoms with E-state index in [1.807, 2.05) is 0 Å². The molecular formula is C10H14O2. The van der Waals surface area contributed by atoms with Gasteiger partial charge in [0.05, 0.1) is 12.9 Å². The van der Waals surface area contributed by atoms with Crippen LogP contribution in [0.15, 0.2) is 11.8 Å². The second-order valence-electron chi connectivity index (χ2n) is 4.37. The third kappa shape index (κ3) is 1.15. The minimum atomic E-state index is 0.251. The third-order valence-corrected chi connectivity index (χ3v) is 2.86. The first-order chi connectivity index (χ1) is 5.61. The Kier molecular flexibility index (Phi) is 1.53. The number of carbonyl (C=O) groups excluding carboxylic acids is 1. The zero-order chi connectivity index (χ0) is 8.77. The van der Waals surface area contributed by atoms with E-state index in [0.29, 0.717) is 12.4 Å². The van der Waals surface area contributed by atoms with Crippen LogP contribution in [0, 0.1) is 11.3 Å². The molecule has 0 aromatic rings. The molecule has 1 saturated carbocycles. The predicted molar refractivity (Wildman–Crippen MR) is 45.5 cm³/mol. The maximum Gasteiger partial charge on any atom is 0.165 e. The Hall–Kier alpha value is -0.790. The van der Waals surface area contributed by atoms with Gasteiger partial charge in [-0.15, -0.1) is 0 Å². The molecule has 66 valence electrons. The molecule has 2 rings (SSSR count). The van der Waals surface area contributed by atoms with Crippen LogP contribution in [0.25, 0.3) is 0 Å². The first kappa shape index (κ1) is 7.84. The van der Waals surface area contributed by atoms with Crippen LogP contribution in [0.5, 0.6) is 0 Å². The topological polar surface area (TPSA) is 26.3 Å². The lowest BCUT2D eigenvalue weighted by Gasteiger charge is -2.01. The Bertz CT molecular complexity index is 251. The van der Waals surface area contributed by atoms with E-state index in [0.717, 1.165) is 18.4 Å². The first-order valence-corrected chi connectivity index (χ1v) is 4.46. The average Bonchev–Trinajstić information content (AvgIpc) is 2.56. The highest BCUT2D eigenvalue weighted by atomic mass is 16.5. The number of ketones is 1. The summed E-state index contributed by atoms with van der Waals surface area (Å²) in [5, 5.41) is 0. The molecule has 12 heavy (non-hydrogen) atoms. The van der Waals surface area contributed by atoms with Crippen molar-refractivity contribution in [3.63, 3.8) is 0 Å². The summed E-state index contributed by atoms with van der Waals surface area (Å²) in [6.45, 7) is 4.98. The monoisotopic (exact) mass is 166 g/mol. The fourth-order valence-electron chi connectivity index (χ4n) is 1.71. The van der Waals surface area contributed by atoms with Crippen LogP contribution in [0.2, 0.25) is 0 Å². The van der Waals surface area contributed by atoms with Gasteiger partial charge < -0.3 is 4.74 Å². The highest BCUT2D eigenvalue weighted by molar-refractivity contribution is 5.99. The number of Topliss-reactive ketones (excluding diaryl/α,β-unsaturated/α-hetero) is 1. The number of rotatable bonds is 2. The summed E-state index contributed by atoms with van der Waals surface area (Å²) >= 11 is 0. The summed E-state index contributed by atoms with van der Waals surface area (Å²) < 4.78 is 5.04. The van der Waals surface area contributed by atoms with Gasteiger partial charge in [-0.3, -0.25) is 4.79 Å². The van der Waals surface area contributed by atoms with Crippen molar-refractivity contribution in [2.24, 2.45) is 11.3 Å². The Labute approximate surface area is 72.6 Å². The third-order valence-electron chi connectivity index (χ3n) is 2.86. The Balaban J connectivity index is 2.02. The lowest BCUT2D eigenvalue weighted by molar-refractivity contribution is -0.117. The molecule has 2 nitrogen and oxygen atoms in total. The van der Waals surface area contributed by atoms with E-state index in [1.165, 1.54) is 0 Å². The Morgan fingerprint density at radius 1 is 1.67 bits per heavy atom. The van der Waals surface area contributed by atoms with E-state index in [2.05, 4.69) is 13.8 Å². The van der Waals surface area contributed by atoms with Crippen molar-refractivity contribution in [3.05, 3.63) is 11.8 Å². The van der Waals surface area contributed by atoms with Gasteiger partial charge in [-0.2, -0.15) is 0 Å². The molecule has 1 heterocycles. The highest BCUT2D eigenvalue weighted by Crippen LogP contribution is 2.53. The van der Waals surface area contributed by atoms with Crippen molar-refractivity contribution in [3.8, 4) is 0 Å². The van der Waals surface area contributed by atoms with Gasteiger partial charge in [-0.05, 0) is 11.8 Å². The first-order valence-electron chi connectivity index (χ1n) is 4.46. The fraction of sp³-hybridized carbons (Fsp3) is 0.700. The number of carbonyl (C=O) groups is 1. The van der Waals surface area contributed by atoms with Gasteiger partial charge in [-0.25, -0.2) is 0 Å². The van der Waals surface area contributed by atoms with Crippen molar-refractivity contribution in [1.82, 2.24) is 0 Å². The Morgan fingerprint density at radius 2 is 2.33 bits per heavy atom. The normalized spacial score (nSPS) is 30.8. The van der Waals surface area contributed by atoms with Crippen molar-refractivity contribution < 1.29 is 9.53 Å². The van der Waals surface area contributed by atoms with Gasteiger partial charge in [-0.1, -0.05) is 13.8 Å². The standard InChI is InChI=1S/C10H14O2/c1-10(2)5-8(10)9(11)7-3-4-12-6-7/h6,8H,3-5H2,1-2H3. The molecule has 1 unspecified atom stereocenters. The van der Waals surface area contributed by atoms with E-state index < -0.39 is 0 Å². The predicted octanol–water partition coefficient (Wildman–Crippen LogP) is 1.91. The highest BCUT2D eigenvalue weighted by Gasteiger charge is 2.51. The van der Waals surface area contributed by atoms with Crippen molar-refractivity contribution in [1.29, 1.82) is 0 Å². The van der Waals surface area contributed by atoms with Crippen LogP contribution in [0.4, 0.5) is 0 Å². The second-order valence-corrected chi connectivity index (χ2v) is 4.37. The van der Waals surface area contributed by atoms with E-state index in [-0.39, 0.29) is 11.3 Å². The summed E-state index contributed by atoms with van der Waals surface area (Å²) in [4.78, 5) is 11.7.